The fourth-order valence-corrected chi connectivity index (χ4v) is 3.91. The molecule has 1 aliphatic rings. The largest absolute Gasteiger partial charge is 0.339 e. The van der Waals surface area contributed by atoms with Crippen LogP contribution in [-0.2, 0) is 7.05 Å². The Morgan fingerprint density at radius 1 is 1.43 bits per heavy atom. The van der Waals surface area contributed by atoms with E-state index in [4.69, 9.17) is 0 Å². The number of aromatic amines is 1. The monoisotopic (exact) mass is 312 g/mol. The maximum Gasteiger partial charge on any atom is 0.339 e. The van der Waals surface area contributed by atoms with Crippen LogP contribution < -0.4 is 16.4 Å². The number of hydrogen-bond donors (Lipinski definition) is 2. The molecule has 1 heterocycles. The van der Waals surface area contributed by atoms with Crippen LogP contribution in [0.5, 0.6) is 0 Å². The number of rotatable bonds is 7. The van der Waals surface area contributed by atoms with Crippen LogP contribution >= 0.6 is 11.8 Å². The molecule has 0 aromatic carbocycles. The topological polar surface area (TPSA) is 79.8 Å². The smallest absolute Gasteiger partial charge is 0.313 e. The minimum Gasteiger partial charge on any atom is -0.313 e. The van der Waals surface area contributed by atoms with Crippen molar-refractivity contribution in [3.05, 3.63) is 20.7 Å². The van der Waals surface area contributed by atoms with Gasteiger partial charge in [0.05, 0.1) is 0 Å². The summed E-state index contributed by atoms with van der Waals surface area (Å²) in [7, 11) is 1.71. The van der Waals surface area contributed by atoms with E-state index >= 15 is 0 Å². The van der Waals surface area contributed by atoms with Gasteiger partial charge in [0.25, 0.3) is 0 Å². The molecule has 1 atom stereocenters. The van der Waals surface area contributed by atoms with Gasteiger partial charge in [-0.05, 0) is 31.7 Å². The molecule has 7 heteroatoms. The summed E-state index contributed by atoms with van der Waals surface area (Å²) < 4.78 is 1.53. The molecule has 0 amide bonds. The van der Waals surface area contributed by atoms with E-state index in [0.717, 1.165) is 18.7 Å². The second kappa shape index (κ2) is 7.79. The highest BCUT2D eigenvalue weighted by atomic mass is 32.2. The Labute approximate surface area is 128 Å². The zero-order chi connectivity index (χ0) is 15.2. The summed E-state index contributed by atoms with van der Waals surface area (Å²) in [6.45, 7) is 3.18. The first-order chi connectivity index (χ1) is 10.1. The Balaban J connectivity index is 2.02. The van der Waals surface area contributed by atoms with Gasteiger partial charge in [-0.25, -0.2) is 0 Å². The number of hydrogen-bond acceptors (Lipinski definition) is 5. The van der Waals surface area contributed by atoms with Crippen LogP contribution in [0, 0.1) is 5.92 Å². The van der Waals surface area contributed by atoms with Crippen LogP contribution in [0.2, 0.25) is 0 Å². The van der Waals surface area contributed by atoms with Gasteiger partial charge < -0.3 is 5.32 Å². The molecule has 0 aliphatic heterocycles. The summed E-state index contributed by atoms with van der Waals surface area (Å²) in [6, 6.07) is 0.446. The van der Waals surface area contributed by atoms with Crippen molar-refractivity contribution >= 4 is 11.8 Å². The summed E-state index contributed by atoms with van der Waals surface area (Å²) in [5.41, 5.74) is -1.38. The number of aryl methyl sites for hydroxylation is 1. The third-order valence-electron chi connectivity index (χ3n) is 3.96. The molecule has 0 radical (unpaired) electrons. The first-order valence-electron chi connectivity index (χ1n) is 7.65. The SMILES string of the molecule is CCCNC(CSc1nc(=O)c(=O)[nH]n1C)C1CCCC1. The summed E-state index contributed by atoms with van der Waals surface area (Å²) >= 11 is 1.53. The Morgan fingerprint density at radius 3 is 2.81 bits per heavy atom. The average molecular weight is 312 g/mol. The fourth-order valence-electron chi connectivity index (χ4n) is 2.81. The van der Waals surface area contributed by atoms with E-state index in [9.17, 15) is 9.59 Å². The molecule has 21 heavy (non-hydrogen) atoms. The highest BCUT2D eigenvalue weighted by Crippen LogP contribution is 2.30. The number of aromatic nitrogens is 3. The maximum absolute atomic E-state index is 11.4. The summed E-state index contributed by atoms with van der Waals surface area (Å²) in [5.74, 6) is 1.58. The molecule has 2 N–H and O–H groups in total. The predicted molar refractivity (Wildman–Crippen MR) is 84.9 cm³/mol. The molecule has 2 rings (SSSR count). The van der Waals surface area contributed by atoms with Crippen LogP contribution in [0.3, 0.4) is 0 Å². The van der Waals surface area contributed by atoms with Gasteiger partial charge in [0, 0.05) is 18.8 Å². The molecule has 1 saturated carbocycles. The van der Waals surface area contributed by atoms with Crippen molar-refractivity contribution < 1.29 is 0 Å². The second-order valence-corrected chi connectivity index (χ2v) is 6.60. The van der Waals surface area contributed by atoms with E-state index in [1.807, 2.05) is 0 Å². The Bertz CT molecular complexity index is 563. The number of thioether (sulfide) groups is 1. The fraction of sp³-hybridized carbons (Fsp3) is 0.786. The molecule has 1 fully saturated rings. The zero-order valence-corrected chi connectivity index (χ0v) is 13.5. The molecule has 1 aromatic rings. The van der Waals surface area contributed by atoms with Gasteiger partial charge in [0.2, 0.25) is 0 Å². The second-order valence-electron chi connectivity index (χ2n) is 5.62. The van der Waals surface area contributed by atoms with Crippen molar-refractivity contribution in [3.63, 3.8) is 0 Å². The lowest BCUT2D eigenvalue weighted by Gasteiger charge is -2.24. The molecular weight excluding hydrogens is 288 g/mol. The van der Waals surface area contributed by atoms with Gasteiger partial charge in [-0.15, -0.1) is 0 Å². The Morgan fingerprint density at radius 2 is 2.14 bits per heavy atom. The number of nitrogens with one attached hydrogen (secondary N) is 2. The third-order valence-corrected chi connectivity index (χ3v) is 5.11. The lowest BCUT2D eigenvalue weighted by molar-refractivity contribution is 0.387. The molecule has 1 aliphatic carbocycles. The summed E-state index contributed by atoms with van der Waals surface area (Å²) in [5, 5.41) is 6.68. The average Bonchev–Trinajstić information content (AvgIpc) is 2.98. The maximum atomic E-state index is 11.4. The highest BCUT2D eigenvalue weighted by Gasteiger charge is 2.25. The van der Waals surface area contributed by atoms with Crippen LogP contribution in [0.4, 0.5) is 0 Å². The Kier molecular flexibility index (Phi) is 6.05. The molecule has 6 nitrogen and oxygen atoms in total. The van der Waals surface area contributed by atoms with Crippen LogP contribution in [0.25, 0.3) is 0 Å². The van der Waals surface area contributed by atoms with Crippen molar-refractivity contribution in [2.24, 2.45) is 13.0 Å². The molecule has 0 spiro atoms. The molecular formula is C14H24N4O2S. The lowest BCUT2D eigenvalue weighted by Crippen LogP contribution is -2.38. The first kappa shape index (κ1) is 16.3. The molecule has 1 aromatic heterocycles. The van der Waals surface area contributed by atoms with E-state index in [-0.39, 0.29) is 0 Å². The van der Waals surface area contributed by atoms with Crippen molar-refractivity contribution in [2.75, 3.05) is 12.3 Å². The molecule has 0 bridgehead atoms. The van der Waals surface area contributed by atoms with Crippen LogP contribution in [0.15, 0.2) is 14.7 Å². The number of H-pyrrole nitrogens is 1. The Hall–Kier alpha value is -1.08. The molecule has 1 unspecified atom stereocenters. The zero-order valence-electron chi connectivity index (χ0n) is 12.7. The van der Waals surface area contributed by atoms with Crippen molar-refractivity contribution in [3.8, 4) is 0 Å². The van der Waals surface area contributed by atoms with Gasteiger partial charge >= 0.3 is 11.1 Å². The third kappa shape index (κ3) is 4.44. The summed E-state index contributed by atoms with van der Waals surface area (Å²) in [6.07, 6.45) is 6.30. The van der Waals surface area contributed by atoms with Crippen molar-refractivity contribution in [1.82, 2.24) is 20.1 Å². The van der Waals surface area contributed by atoms with E-state index in [1.165, 1.54) is 42.1 Å². The van der Waals surface area contributed by atoms with Gasteiger partial charge in [-0.3, -0.25) is 19.4 Å². The van der Waals surface area contributed by atoms with Crippen LogP contribution in [0.1, 0.15) is 39.0 Å². The van der Waals surface area contributed by atoms with Gasteiger partial charge in [0.15, 0.2) is 5.16 Å². The van der Waals surface area contributed by atoms with Gasteiger partial charge in [0.1, 0.15) is 0 Å². The van der Waals surface area contributed by atoms with E-state index in [0.29, 0.717) is 17.1 Å². The highest BCUT2D eigenvalue weighted by molar-refractivity contribution is 7.99. The predicted octanol–water partition coefficient (Wildman–Crippen LogP) is 1.12. The minimum atomic E-state index is -0.713. The van der Waals surface area contributed by atoms with E-state index < -0.39 is 11.1 Å². The van der Waals surface area contributed by atoms with E-state index in [2.05, 4.69) is 22.3 Å². The lowest BCUT2D eigenvalue weighted by atomic mass is 10.00. The van der Waals surface area contributed by atoms with Gasteiger partial charge in [-0.2, -0.15) is 4.98 Å². The molecule has 0 saturated heterocycles. The van der Waals surface area contributed by atoms with Gasteiger partial charge in [-0.1, -0.05) is 31.5 Å². The van der Waals surface area contributed by atoms with Crippen molar-refractivity contribution in [1.29, 1.82) is 0 Å². The number of nitrogens with zero attached hydrogens (tertiary/aromatic N) is 2. The quantitative estimate of drug-likeness (QED) is 0.582. The normalized spacial score (nSPS) is 17.2. The van der Waals surface area contributed by atoms with E-state index in [1.54, 1.807) is 7.05 Å². The summed E-state index contributed by atoms with van der Waals surface area (Å²) in [4.78, 5) is 26.4. The molecule has 118 valence electrons. The standard InChI is InChI=1S/C14H24N4O2S/c1-3-8-15-11(10-6-4-5-7-10)9-21-14-16-12(19)13(20)17-18(14)2/h10-11,15H,3-9H2,1-2H3,(H,17,20). The van der Waals surface area contributed by atoms with Crippen LogP contribution in [-0.4, -0.2) is 33.1 Å². The first-order valence-corrected chi connectivity index (χ1v) is 8.64. The van der Waals surface area contributed by atoms with Crippen molar-refractivity contribution in [2.45, 2.75) is 50.2 Å². The minimum absolute atomic E-state index is 0.446.